The van der Waals surface area contributed by atoms with Gasteiger partial charge in [0, 0.05) is 23.1 Å². The molecule has 1 aliphatic heterocycles. The summed E-state index contributed by atoms with van der Waals surface area (Å²) < 4.78 is 3.15. The number of fused-ring (bicyclic) bond motifs is 1. The summed E-state index contributed by atoms with van der Waals surface area (Å²) in [5.41, 5.74) is 0.923. The van der Waals surface area contributed by atoms with Crippen LogP contribution in [0.15, 0.2) is 22.8 Å². The maximum absolute atomic E-state index is 4.33. The van der Waals surface area contributed by atoms with E-state index in [0.29, 0.717) is 6.04 Å². The van der Waals surface area contributed by atoms with E-state index in [9.17, 15) is 0 Å². The molecule has 4 nitrogen and oxygen atoms in total. The molecule has 0 spiro atoms. The van der Waals surface area contributed by atoms with E-state index < -0.39 is 0 Å². The normalized spacial score (nSPS) is 21.6. The number of likely N-dealkylation sites (N-methyl/N-ethyl adjacent to an activating group) is 1. The molecular formula is C13H17BrN4. The summed E-state index contributed by atoms with van der Waals surface area (Å²) >= 11 is 3.50. The van der Waals surface area contributed by atoms with Crippen LogP contribution in [0.2, 0.25) is 0 Å². The second kappa shape index (κ2) is 4.97. The smallest absolute Gasteiger partial charge is 0.160 e. The summed E-state index contributed by atoms with van der Waals surface area (Å²) in [6.07, 6.45) is 6.94. The third-order valence-electron chi connectivity index (χ3n) is 3.78. The lowest BCUT2D eigenvalue weighted by Crippen LogP contribution is -2.38. The summed E-state index contributed by atoms with van der Waals surface area (Å²) in [6, 6.07) is 4.59. The van der Waals surface area contributed by atoms with Gasteiger partial charge in [-0.05, 0) is 54.5 Å². The molecule has 3 rings (SSSR count). The van der Waals surface area contributed by atoms with Crippen LogP contribution < -0.4 is 0 Å². The molecule has 0 amide bonds. The van der Waals surface area contributed by atoms with Gasteiger partial charge in [-0.15, -0.1) is 10.2 Å². The minimum atomic E-state index is 0.602. The van der Waals surface area contributed by atoms with E-state index in [1.54, 1.807) is 0 Å². The van der Waals surface area contributed by atoms with E-state index in [4.69, 9.17) is 0 Å². The lowest BCUT2D eigenvalue weighted by molar-refractivity contribution is 0.182. The highest BCUT2D eigenvalue weighted by Gasteiger charge is 2.21. The predicted molar refractivity (Wildman–Crippen MR) is 74.7 cm³/mol. The Bertz CT molecular complexity index is 551. The van der Waals surface area contributed by atoms with Crippen molar-refractivity contribution in [2.24, 2.45) is 0 Å². The van der Waals surface area contributed by atoms with Crippen LogP contribution in [0.3, 0.4) is 0 Å². The van der Waals surface area contributed by atoms with E-state index in [1.807, 2.05) is 18.3 Å². The average Bonchev–Trinajstić information content (AvgIpc) is 2.75. The van der Waals surface area contributed by atoms with Crippen LogP contribution in [0, 0.1) is 0 Å². The van der Waals surface area contributed by atoms with E-state index in [2.05, 4.69) is 42.5 Å². The van der Waals surface area contributed by atoms with Crippen LogP contribution in [0.1, 0.15) is 25.1 Å². The van der Waals surface area contributed by atoms with Gasteiger partial charge in [-0.2, -0.15) is 0 Å². The number of halogens is 1. The highest BCUT2D eigenvalue weighted by molar-refractivity contribution is 9.10. The van der Waals surface area contributed by atoms with Crippen molar-refractivity contribution in [2.45, 2.75) is 31.7 Å². The molecule has 0 aromatic carbocycles. The van der Waals surface area contributed by atoms with Gasteiger partial charge in [0.1, 0.15) is 5.82 Å². The number of rotatable bonds is 2. The number of piperidine rings is 1. The van der Waals surface area contributed by atoms with Crippen molar-refractivity contribution in [1.82, 2.24) is 19.5 Å². The van der Waals surface area contributed by atoms with Gasteiger partial charge in [-0.3, -0.25) is 4.40 Å². The fraction of sp³-hybridized carbons (Fsp3) is 0.538. The van der Waals surface area contributed by atoms with E-state index in [-0.39, 0.29) is 0 Å². The van der Waals surface area contributed by atoms with E-state index in [0.717, 1.165) is 22.4 Å². The second-order valence-corrected chi connectivity index (χ2v) is 5.94. The standard InChI is InChI=1S/C13H17BrN4/c1-17-7-3-2-4-11(17)8-13-16-15-12-6-5-10(14)9-18(12)13/h5-6,9,11H,2-4,7-8H2,1H3. The molecule has 2 aromatic rings. The summed E-state index contributed by atoms with van der Waals surface area (Å²) in [5.74, 6) is 1.06. The van der Waals surface area contributed by atoms with Gasteiger partial charge in [-0.1, -0.05) is 6.42 Å². The molecule has 0 N–H and O–H groups in total. The summed E-state index contributed by atoms with van der Waals surface area (Å²) in [5, 5.41) is 8.55. The Morgan fingerprint density at radius 2 is 2.22 bits per heavy atom. The van der Waals surface area contributed by atoms with Crippen LogP contribution in [0.5, 0.6) is 0 Å². The first-order valence-electron chi connectivity index (χ1n) is 6.43. The Kier molecular flexibility index (Phi) is 3.35. The lowest BCUT2D eigenvalue weighted by Gasteiger charge is -2.31. The quantitative estimate of drug-likeness (QED) is 0.855. The Labute approximate surface area is 115 Å². The van der Waals surface area contributed by atoms with Gasteiger partial charge in [0.15, 0.2) is 5.65 Å². The number of pyridine rings is 1. The Balaban J connectivity index is 1.87. The Hall–Kier alpha value is -0.940. The summed E-state index contributed by atoms with van der Waals surface area (Å²) in [6.45, 7) is 1.20. The molecule has 0 radical (unpaired) electrons. The van der Waals surface area contributed by atoms with Crippen molar-refractivity contribution in [3.63, 3.8) is 0 Å². The molecular weight excluding hydrogens is 292 g/mol. The molecule has 2 aromatic heterocycles. The lowest BCUT2D eigenvalue weighted by atomic mass is 10.00. The molecule has 5 heteroatoms. The van der Waals surface area contributed by atoms with Crippen LogP contribution in [-0.2, 0) is 6.42 Å². The number of hydrogen-bond donors (Lipinski definition) is 0. The van der Waals surface area contributed by atoms with Gasteiger partial charge in [0.05, 0.1) is 0 Å². The Morgan fingerprint density at radius 3 is 3.06 bits per heavy atom. The summed E-state index contributed by atoms with van der Waals surface area (Å²) in [4.78, 5) is 2.45. The monoisotopic (exact) mass is 308 g/mol. The molecule has 0 aliphatic carbocycles. The molecule has 0 saturated carbocycles. The minimum Gasteiger partial charge on any atom is -0.303 e. The molecule has 1 unspecified atom stereocenters. The number of hydrogen-bond acceptors (Lipinski definition) is 3. The van der Waals surface area contributed by atoms with E-state index >= 15 is 0 Å². The molecule has 3 heterocycles. The van der Waals surface area contributed by atoms with Crippen molar-refractivity contribution in [3.8, 4) is 0 Å². The zero-order chi connectivity index (χ0) is 12.5. The fourth-order valence-electron chi connectivity index (χ4n) is 2.66. The first-order valence-corrected chi connectivity index (χ1v) is 7.23. The van der Waals surface area contributed by atoms with Crippen molar-refractivity contribution >= 4 is 21.6 Å². The molecule has 1 saturated heterocycles. The number of likely N-dealkylation sites (tertiary alicyclic amines) is 1. The fourth-order valence-corrected chi connectivity index (χ4v) is 3.00. The Morgan fingerprint density at radius 1 is 1.33 bits per heavy atom. The van der Waals surface area contributed by atoms with Crippen LogP contribution in [0.25, 0.3) is 5.65 Å². The minimum absolute atomic E-state index is 0.602. The van der Waals surface area contributed by atoms with Crippen molar-refractivity contribution in [3.05, 3.63) is 28.6 Å². The third kappa shape index (κ3) is 2.29. The topological polar surface area (TPSA) is 33.4 Å². The highest BCUT2D eigenvalue weighted by Crippen LogP contribution is 2.19. The van der Waals surface area contributed by atoms with Gasteiger partial charge in [0.2, 0.25) is 0 Å². The third-order valence-corrected chi connectivity index (χ3v) is 4.25. The maximum Gasteiger partial charge on any atom is 0.160 e. The number of aromatic nitrogens is 3. The predicted octanol–water partition coefficient (Wildman–Crippen LogP) is 2.52. The first-order chi connectivity index (χ1) is 8.74. The zero-order valence-electron chi connectivity index (χ0n) is 10.5. The van der Waals surface area contributed by atoms with E-state index in [1.165, 1.54) is 25.8 Å². The van der Waals surface area contributed by atoms with Gasteiger partial charge in [-0.25, -0.2) is 0 Å². The van der Waals surface area contributed by atoms with Crippen molar-refractivity contribution < 1.29 is 0 Å². The molecule has 96 valence electrons. The second-order valence-electron chi connectivity index (χ2n) is 5.03. The average molecular weight is 309 g/mol. The van der Waals surface area contributed by atoms with Crippen LogP contribution in [0.4, 0.5) is 0 Å². The highest BCUT2D eigenvalue weighted by atomic mass is 79.9. The molecule has 18 heavy (non-hydrogen) atoms. The van der Waals surface area contributed by atoms with Gasteiger partial charge in [0.25, 0.3) is 0 Å². The number of nitrogens with zero attached hydrogens (tertiary/aromatic N) is 4. The molecule has 1 fully saturated rings. The SMILES string of the molecule is CN1CCCCC1Cc1nnc2ccc(Br)cn12. The molecule has 1 aliphatic rings. The van der Waals surface area contributed by atoms with Crippen molar-refractivity contribution in [1.29, 1.82) is 0 Å². The largest absolute Gasteiger partial charge is 0.303 e. The maximum atomic E-state index is 4.33. The van der Waals surface area contributed by atoms with Gasteiger partial charge >= 0.3 is 0 Å². The molecule has 0 bridgehead atoms. The van der Waals surface area contributed by atoms with Crippen molar-refractivity contribution in [2.75, 3.05) is 13.6 Å². The summed E-state index contributed by atoms with van der Waals surface area (Å²) in [7, 11) is 2.21. The van der Waals surface area contributed by atoms with Gasteiger partial charge < -0.3 is 4.90 Å². The van der Waals surface area contributed by atoms with Crippen LogP contribution >= 0.6 is 15.9 Å². The molecule has 1 atom stereocenters. The first kappa shape index (κ1) is 12.1. The zero-order valence-corrected chi connectivity index (χ0v) is 12.1. The van der Waals surface area contributed by atoms with Crippen LogP contribution in [-0.4, -0.2) is 39.1 Å².